The number of non-ortho nitro benzene ring substituents is 1. The van der Waals surface area contributed by atoms with Crippen LogP contribution >= 0.6 is 23.2 Å². The zero-order chi connectivity index (χ0) is 14.2. The van der Waals surface area contributed by atoms with E-state index in [1.807, 2.05) is 0 Å². The Kier molecular flexibility index (Phi) is 3.41. The van der Waals surface area contributed by atoms with Crippen LogP contribution in [0.4, 0.5) is 5.69 Å². The lowest BCUT2D eigenvalue weighted by Gasteiger charge is -2.06. The van der Waals surface area contributed by atoms with Gasteiger partial charge in [-0.1, -0.05) is 23.2 Å². The van der Waals surface area contributed by atoms with Crippen molar-refractivity contribution in [2.24, 2.45) is 0 Å². The molecule has 0 aliphatic heterocycles. The van der Waals surface area contributed by atoms with Crippen molar-refractivity contribution in [2.75, 3.05) is 0 Å². The maximum absolute atomic E-state index is 10.8. The van der Waals surface area contributed by atoms with Crippen LogP contribution in [0.15, 0.2) is 24.5 Å². The summed E-state index contributed by atoms with van der Waals surface area (Å²) in [6.45, 7) is 0. The highest BCUT2D eigenvalue weighted by molar-refractivity contribution is 6.38. The van der Waals surface area contributed by atoms with E-state index in [0.717, 1.165) is 23.0 Å². The summed E-state index contributed by atoms with van der Waals surface area (Å²) >= 11 is 11.8. The Morgan fingerprint density at radius 3 is 2.37 bits per heavy atom. The Morgan fingerprint density at radius 2 is 1.95 bits per heavy atom. The monoisotopic (exact) mass is 301 g/mol. The first-order valence-corrected chi connectivity index (χ1v) is 5.57. The molecule has 2 aromatic rings. The molecule has 1 aromatic carbocycles. The first-order chi connectivity index (χ1) is 8.90. The molecule has 1 heterocycles. The van der Waals surface area contributed by atoms with Crippen molar-refractivity contribution in [3.05, 3.63) is 50.2 Å². The Bertz CT molecular complexity index is 660. The zero-order valence-corrected chi connectivity index (χ0v) is 10.6. The Labute approximate surface area is 116 Å². The molecule has 1 aromatic heterocycles. The number of aromatic carboxylic acids is 1. The first kappa shape index (κ1) is 13.3. The average molecular weight is 302 g/mol. The van der Waals surface area contributed by atoms with E-state index in [4.69, 9.17) is 28.3 Å². The second-order valence-electron chi connectivity index (χ2n) is 3.49. The van der Waals surface area contributed by atoms with Crippen molar-refractivity contribution in [3.63, 3.8) is 0 Å². The van der Waals surface area contributed by atoms with E-state index in [1.54, 1.807) is 0 Å². The number of benzene rings is 1. The number of carboxylic acids is 1. The van der Waals surface area contributed by atoms with Gasteiger partial charge in [-0.2, -0.15) is 5.10 Å². The molecule has 0 fully saturated rings. The molecule has 7 nitrogen and oxygen atoms in total. The van der Waals surface area contributed by atoms with Crippen molar-refractivity contribution in [1.82, 2.24) is 9.78 Å². The highest BCUT2D eigenvalue weighted by atomic mass is 35.5. The number of hydrogen-bond acceptors (Lipinski definition) is 4. The summed E-state index contributed by atoms with van der Waals surface area (Å²) in [7, 11) is 0. The van der Waals surface area contributed by atoms with Crippen LogP contribution in [0.3, 0.4) is 0 Å². The number of nitro benzene ring substituents is 1. The maximum atomic E-state index is 10.8. The Morgan fingerprint density at radius 1 is 1.37 bits per heavy atom. The highest BCUT2D eigenvalue weighted by Gasteiger charge is 2.17. The number of carboxylic acid groups (broad SMARTS) is 1. The summed E-state index contributed by atoms with van der Waals surface area (Å²) in [6.07, 6.45) is 2.33. The number of aromatic nitrogens is 2. The average Bonchev–Trinajstić information content (AvgIpc) is 2.77. The fourth-order valence-corrected chi connectivity index (χ4v) is 2.08. The molecule has 9 heteroatoms. The zero-order valence-electron chi connectivity index (χ0n) is 9.08. The highest BCUT2D eigenvalue weighted by Crippen LogP contribution is 2.32. The predicted octanol–water partition coefficient (Wildman–Crippen LogP) is 2.79. The second-order valence-corrected chi connectivity index (χ2v) is 4.31. The Hall–Kier alpha value is -2.12. The lowest BCUT2D eigenvalue weighted by molar-refractivity contribution is -0.384. The van der Waals surface area contributed by atoms with Gasteiger partial charge in [-0.3, -0.25) is 10.1 Å². The fourth-order valence-electron chi connectivity index (χ4n) is 1.43. The molecule has 98 valence electrons. The van der Waals surface area contributed by atoms with Gasteiger partial charge >= 0.3 is 5.97 Å². The van der Waals surface area contributed by atoms with Gasteiger partial charge in [0.05, 0.1) is 26.7 Å². The number of nitrogens with zero attached hydrogens (tertiary/aromatic N) is 3. The van der Waals surface area contributed by atoms with Gasteiger partial charge in [0.15, 0.2) is 0 Å². The number of halogens is 2. The van der Waals surface area contributed by atoms with Crippen LogP contribution in [0.2, 0.25) is 10.0 Å². The third-order valence-corrected chi connectivity index (χ3v) is 2.85. The Balaban J connectivity index is 2.55. The van der Waals surface area contributed by atoms with E-state index in [0.29, 0.717) is 0 Å². The van der Waals surface area contributed by atoms with Crippen LogP contribution in [0.25, 0.3) is 5.69 Å². The van der Waals surface area contributed by atoms with Crippen molar-refractivity contribution in [2.45, 2.75) is 0 Å². The number of carbonyl (C=O) groups is 1. The molecule has 2 rings (SSSR count). The van der Waals surface area contributed by atoms with Gasteiger partial charge in [0.1, 0.15) is 5.69 Å². The standard InChI is InChI=1S/C10H5Cl2N3O4/c11-7-1-6(15(18)19)2-8(12)9(7)14-4-5(3-13-14)10(16)17/h1-4H,(H,16,17). The van der Waals surface area contributed by atoms with E-state index >= 15 is 0 Å². The normalized spacial score (nSPS) is 10.4. The summed E-state index contributed by atoms with van der Waals surface area (Å²) in [5.74, 6) is -1.15. The van der Waals surface area contributed by atoms with Gasteiger partial charge in [-0.15, -0.1) is 0 Å². The topological polar surface area (TPSA) is 98.3 Å². The van der Waals surface area contributed by atoms with E-state index in [2.05, 4.69) is 5.10 Å². The molecule has 1 N–H and O–H groups in total. The predicted molar refractivity (Wildman–Crippen MR) is 67.2 cm³/mol. The van der Waals surface area contributed by atoms with Gasteiger partial charge in [0, 0.05) is 18.3 Å². The minimum atomic E-state index is -1.15. The summed E-state index contributed by atoms with van der Waals surface area (Å²) in [4.78, 5) is 20.8. The molecule has 0 aliphatic rings. The van der Waals surface area contributed by atoms with Crippen LogP contribution in [-0.4, -0.2) is 25.8 Å². The lowest BCUT2D eigenvalue weighted by Crippen LogP contribution is -1.99. The van der Waals surface area contributed by atoms with Crippen molar-refractivity contribution in [1.29, 1.82) is 0 Å². The molecule has 0 spiro atoms. The number of rotatable bonds is 3. The SMILES string of the molecule is O=C(O)c1cnn(-c2c(Cl)cc([N+](=O)[O-])cc2Cl)c1. The maximum Gasteiger partial charge on any atom is 0.338 e. The van der Waals surface area contributed by atoms with Gasteiger partial charge in [-0.05, 0) is 0 Å². The minimum absolute atomic E-state index is 0.000705. The van der Waals surface area contributed by atoms with Crippen LogP contribution in [0.1, 0.15) is 10.4 Å². The van der Waals surface area contributed by atoms with Crippen LogP contribution in [0.5, 0.6) is 0 Å². The van der Waals surface area contributed by atoms with Gasteiger partial charge in [-0.25, -0.2) is 9.48 Å². The van der Waals surface area contributed by atoms with Gasteiger partial charge in [0.2, 0.25) is 0 Å². The molecule has 0 amide bonds. The molecule has 0 atom stereocenters. The molecule has 0 aliphatic carbocycles. The van der Waals surface area contributed by atoms with Crippen molar-refractivity contribution >= 4 is 34.9 Å². The van der Waals surface area contributed by atoms with E-state index in [1.165, 1.54) is 6.20 Å². The first-order valence-electron chi connectivity index (χ1n) is 4.82. The molecular weight excluding hydrogens is 297 g/mol. The summed E-state index contributed by atoms with van der Waals surface area (Å²) < 4.78 is 1.15. The molecule has 0 saturated carbocycles. The number of hydrogen-bond donors (Lipinski definition) is 1. The van der Waals surface area contributed by atoms with Crippen molar-refractivity contribution < 1.29 is 14.8 Å². The summed E-state index contributed by atoms with van der Waals surface area (Å²) in [5.41, 5.74) is -0.128. The van der Waals surface area contributed by atoms with Gasteiger partial charge < -0.3 is 5.11 Å². The van der Waals surface area contributed by atoms with E-state index in [9.17, 15) is 14.9 Å². The van der Waals surface area contributed by atoms with E-state index in [-0.39, 0.29) is 27.0 Å². The second kappa shape index (κ2) is 4.87. The molecular formula is C10H5Cl2N3O4. The molecule has 0 radical (unpaired) electrons. The van der Waals surface area contributed by atoms with E-state index < -0.39 is 10.9 Å². The molecule has 19 heavy (non-hydrogen) atoms. The third-order valence-electron chi connectivity index (χ3n) is 2.27. The third kappa shape index (κ3) is 2.51. The molecule has 0 saturated heterocycles. The smallest absolute Gasteiger partial charge is 0.338 e. The van der Waals surface area contributed by atoms with Crippen molar-refractivity contribution in [3.8, 4) is 5.69 Å². The quantitative estimate of drug-likeness (QED) is 0.694. The summed E-state index contributed by atoms with van der Waals surface area (Å²) in [5, 5.41) is 23.2. The number of nitro groups is 1. The summed E-state index contributed by atoms with van der Waals surface area (Å²) in [6, 6.07) is 2.23. The molecule has 0 unspecified atom stereocenters. The minimum Gasteiger partial charge on any atom is -0.478 e. The molecule has 0 bridgehead atoms. The van der Waals surface area contributed by atoms with Crippen LogP contribution in [0, 0.1) is 10.1 Å². The lowest BCUT2D eigenvalue weighted by atomic mass is 10.3. The largest absolute Gasteiger partial charge is 0.478 e. The van der Waals surface area contributed by atoms with Gasteiger partial charge in [0.25, 0.3) is 5.69 Å². The van der Waals surface area contributed by atoms with Crippen LogP contribution in [-0.2, 0) is 0 Å². The fraction of sp³-hybridized carbons (Fsp3) is 0. The van der Waals surface area contributed by atoms with Crippen LogP contribution < -0.4 is 0 Å².